The predicted octanol–water partition coefficient (Wildman–Crippen LogP) is -1.46. The van der Waals surface area contributed by atoms with Gasteiger partial charge >= 0.3 is 19.7 Å². The van der Waals surface area contributed by atoms with Crippen molar-refractivity contribution in [2.24, 2.45) is 5.73 Å². The highest BCUT2D eigenvalue weighted by Gasteiger charge is 2.26. The molecule has 0 aliphatic heterocycles. The third-order valence-corrected chi connectivity index (χ3v) is 3.07. The molecule has 0 saturated carbocycles. The standard InChI is InChI=1S/C8H15N2O8P/c9-6(8(14)15)4-18-19(16,17)10-5(3-11)1-2-7(12)13/h3,5-6H,1-2,4,9H2,(H,12,13)(H,14,15)(H2,10,16,17)/t5-,6-/m0/s1. The highest BCUT2D eigenvalue weighted by atomic mass is 31.2. The van der Waals surface area contributed by atoms with Gasteiger partial charge in [0, 0.05) is 6.42 Å². The van der Waals surface area contributed by atoms with Gasteiger partial charge in [-0.05, 0) is 6.42 Å². The molecule has 0 aromatic carbocycles. The van der Waals surface area contributed by atoms with E-state index in [1.54, 1.807) is 0 Å². The Morgan fingerprint density at radius 1 is 1.42 bits per heavy atom. The predicted molar refractivity (Wildman–Crippen MR) is 61.2 cm³/mol. The maximum atomic E-state index is 11.4. The number of carbonyl (C=O) groups is 3. The number of aliphatic carboxylic acids is 2. The zero-order valence-electron chi connectivity index (χ0n) is 9.76. The van der Waals surface area contributed by atoms with Crippen molar-refractivity contribution in [2.75, 3.05) is 6.61 Å². The van der Waals surface area contributed by atoms with Gasteiger partial charge in [-0.2, -0.15) is 0 Å². The number of carboxylic acid groups (broad SMARTS) is 2. The van der Waals surface area contributed by atoms with Gasteiger partial charge in [-0.3, -0.25) is 14.1 Å². The van der Waals surface area contributed by atoms with Gasteiger partial charge in [-0.1, -0.05) is 0 Å². The van der Waals surface area contributed by atoms with Gasteiger partial charge in [0.2, 0.25) is 0 Å². The van der Waals surface area contributed by atoms with Crippen molar-refractivity contribution in [3.8, 4) is 0 Å². The lowest BCUT2D eigenvalue weighted by atomic mass is 10.2. The average molecular weight is 298 g/mol. The number of aldehydes is 1. The summed E-state index contributed by atoms with van der Waals surface area (Å²) in [5, 5.41) is 18.7. The van der Waals surface area contributed by atoms with E-state index in [2.05, 4.69) is 4.52 Å². The largest absolute Gasteiger partial charge is 0.481 e. The summed E-state index contributed by atoms with van der Waals surface area (Å²) < 4.78 is 15.8. The van der Waals surface area contributed by atoms with Crippen LogP contribution < -0.4 is 10.8 Å². The molecule has 1 unspecified atom stereocenters. The third-order valence-electron chi connectivity index (χ3n) is 1.91. The second-order valence-corrected chi connectivity index (χ2v) is 5.12. The van der Waals surface area contributed by atoms with Gasteiger partial charge < -0.3 is 25.6 Å². The lowest BCUT2D eigenvalue weighted by Crippen LogP contribution is -2.36. The summed E-state index contributed by atoms with van der Waals surface area (Å²) in [7, 11) is -4.44. The average Bonchev–Trinajstić information content (AvgIpc) is 2.31. The normalized spacial score (nSPS) is 17.2. The topological polar surface area (TPSA) is 176 Å². The van der Waals surface area contributed by atoms with Gasteiger partial charge in [-0.15, -0.1) is 0 Å². The summed E-state index contributed by atoms with van der Waals surface area (Å²) in [4.78, 5) is 40.5. The van der Waals surface area contributed by atoms with Crippen LogP contribution in [0.15, 0.2) is 0 Å². The van der Waals surface area contributed by atoms with Crippen LogP contribution >= 0.6 is 7.75 Å². The second-order valence-electron chi connectivity index (χ2n) is 3.56. The highest BCUT2D eigenvalue weighted by molar-refractivity contribution is 7.50. The molecule has 0 aromatic rings. The van der Waals surface area contributed by atoms with E-state index in [9.17, 15) is 23.8 Å². The Labute approximate surface area is 108 Å². The lowest BCUT2D eigenvalue weighted by Gasteiger charge is -2.18. The number of rotatable bonds is 10. The van der Waals surface area contributed by atoms with Crippen LogP contribution in [-0.4, -0.2) is 52.0 Å². The molecule has 0 radical (unpaired) electrons. The van der Waals surface area contributed by atoms with Gasteiger partial charge in [0.1, 0.15) is 12.3 Å². The quantitative estimate of drug-likeness (QED) is 0.236. The zero-order valence-corrected chi connectivity index (χ0v) is 10.7. The minimum absolute atomic E-state index is 0.211. The van der Waals surface area contributed by atoms with Gasteiger partial charge in [0.25, 0.3) is 0 Å². The van der Waals surface area contributed by atoms with E-state index in [1.165, 1.54) is 0 Å². The Balaban J connectivity index is 4.31. The first kappa shape index (κ1) is 17.7. The monoisotopic (exact) mass is 298 g/mol. The fourth-order valence-electron chi connectivity index (χ4n) is 0.941. The van der Waals surface area contributed by atoms with E-state index in [4.69, 9.17) is 15.9 Å². The first-order valence-electron chi connectivity index (χ1n) is 5.08. The molecule has 0 fully saturated rings. The molecule has 10 nitrogen and oxygen atoms in total. The summed E-state index contributed by atoms with van der Waals surface area (Å²) in [5.41, 5.74) is 5.05. The molecule has 0 aromatic heterocycles. The smallest absolute Gasteiger partial charge is 0.403 e. The summed E-state index contributed by atoms with van der Waals surface area (Å²) in [6.45, 7) is -0.735. The molecule has 3 atom stereocenters. The first-order chi connectivity index (χ1) is 8.68. The van der Waals surface area contributed by atoms with Crippen molar-refractivity contribution in [3.05, 3.63) is 0 Å². The molecule has 0 aliphatic carbocycles. The van der Waals surface area contributed by atoms with Gasteiger partial charge in [0.15, 0.2) is 0 Å². The van der Waals surface area contributed by atoms with E-state index < -0.39 is 38.4 Å². The molecule has 0 rings (SSSR count). The van der Waals surface area contributed by atoms with E-state index in [0.717, 1.165) is 0 Å². The SMILES string of the molecule is N[C@@H](COP(=O)(O)N[C@H](C=O)CCC(=O)O)C(=O)O. The van der Waals surface area contributed by atoms with Crippen molar-refractivity contribution < 1.29 is 38.6 Å². The molecular formula is C8H15N2O8P. The first-order valence-corrected chi connectivity index (χ1v) is 6.66. The molecule has 0 heterocycles. The summed E-state index contributed by atoms with van der Waals surface area (Å²) in [6, 6.07) is -2.69. The number of carboxylic acids is 2. The van der Waals surface area contributed by atoms with Crippen molar-refractivity contribution in [1.29, 1.82) is 0 Å². The van der Waals surface area contributed by atoms with Crippen LogP contribution in [0.2, 0.25) is 0 Å². The number of hydrogen-bond donors (Lipinski definition) is 5. The Morgan fingerprint density at radius 2 is 2.00 bits per heavy atom. The van der Waals surface area contributed by atoms with Crippen molar-refractivity contribution >= 4 is 26.0 Å². The number of nitrogens with one attached hydrogen (secondary N) is 1. The van der Waals surface area contributed by atoms with E-state index in [1.807, 2.05) is 5.09 Å². The van der Waals surface area contributed by atoms with Crippen molar-refractivity contribution in [3.63, 3.8) is 0 Å². The van der Waals surface area contributed by atoms with Crippen LogP contribution in [0.5, 0.6) is 0 Å². The molecule has 0 bridgehead atoms. The van der Waals surface area contributed by atoms with Gasteiger partial charge in [0.05, 0.1) is 12.6 Å². The van der Waals surface area contributed by atoms with E-state index >= 15 is 0 Å². The molecule has 0 saturated heterocycles. The van der Waals surface area contributed by atoms with Gasteiger partial charge in [-0.25, -0.2) is 9.65 Å². The number of carbonyl (C=O) groups excluding carboxylic acids is 1. The minimum Gasteiger partial charge on any atom is -0.481 e. The van der Waals surface area contributed by atoms with Crippen LogP contribution in [0.4, 0.5) is 0 Å². The third kappa shape index (κ3) is 8.41. The molecule has 0 spiro atoms. The molecule has 6 N–H and O–H groups in total. The summed E-state index contributed by atoms with van der Waals surface area (Å²) in [5.74, 6) is -2.59. The van der Waals surface area contributed by atoms with Crippen LogP contribution in [0, 0.1) is 0 Å². The molecule has 0 aliphatic rings. The fourth-order valence-corrected chi connectivity index (χ4v) is 1.99. The van der Waals surface area contributed by atoms with Crippen LogP contribution in [0.3, 0.4) is 0 Å². The van der Waals surface area contributed by atoms with E-state index in [-0.39, 0.29) is 19.1 Å². The zero-order chi connectivity index (χ0) is 15.1. The Kier molecular flexibility index (Phi) is 7.42. The Morgan fingerprint density at radius 3 is 2.42 bits per heavy atom. The summed E-state index contributed by atoms with van der Waals surface area (Å²) >= 11 is 0. The van der Waals surface area contributed by atoms with E-state index in [0.29, 0.717) is 0 Å². The lowest BCUT2D eigenvalue weighted by molar-refractivity contribution is -0.139. The maximum absolute atomic E-state index is 11.4. The van der Waals surface area contributed by atoms with Crippen LogP contribution in [0.1, 0.15) is 12.8 Å². The number of hydrogen-bond acceptors (Lipinski definition) is 6. The number of nitrogens with two attached hydrogens (primary N) is 1. The highest BCUT2D eigenvalue weighted by Crippen LogP contribution is 2.37. The fraction of sp³-hybridized carbons (Fsp3) is 0.625. The molecule has 19 heavy (non-hydrogen) atoms. The molecule has 110 valence electrons. The summed E-state index contributed by atoms with van der Waals surface area (Å²) in [6.07, 6.45) is -0.338. The van der Waals surface area contributed by atoms with Crippen LogP contribution in [-0.2, 0) is 23.5 Å². The Hall–Kier alpha value is -1.32. The minimum atomic E-state index is -4.44. The molecule has 11 heteroatoms. The van der Waals surface area contributed by atoms with Crippen molar-refractivity contribution in [1.82, 2.24) is 5.09 Å². The van der Waals surface area contributed by atoms with Crippen molar-refractivity contribution in [2.45, 2.75) is 24.9 Å². The second kappa shape index (κ2) is 7.97. The Bertz CT molecular complexity index is 387. The van der Waals surface area contributed by atoms with Crippen LogP contribution in [0.25, 0.3) is 0 Å². The molecular weight excluding hydrogens is 283 g/mol. The maximum Gasteiger partial charge on any atom is 0.403 e. The molecule has 0 amide bonds.